The summed E-state index contributed by atoms with van der Waals surface area (Å²) in [6.45, 7) is 8.25. The number of aliphatic carboxylic acids is 1. The molecule has 0 rings (SSSR count). The van der Waals surface area contributed by atoms with Crippen LogP contribution in [0.5, 0.6) is 0 Å². The van der Waals surface area contributed by atoms with Gasteiger partial charge in [0.1, 0.15) is 0 Å². The number of imide groups is 1. The first kappa shape index (κ1) is 17.2. The van der Waals surface area contributed by atoms with Crippen molar-refractivity contribution in [2.45, 2.75) is 39.5 Å². The molecule has 0 aromatic carbocycles. The van der Waals surface area contributed by atoms with E-state index in [2.05, 4.69) is 11.9 Å². The van der Waals surface area contributed by atoms with Crippen LogP contribution in [0.3, 0.4) is 0 Å². The molecule has 19 heavy (non-hydrogen) atoms. The largest absolute Gasteiger partial charge is 0.481 e. The lowest BCUT2D eigenvalue weighted by Crippen LogP contribution is -2.43. The molecule has 6 heteroatoms. The summed E-state index contributed by atoms with van der Waals surface area (Å²) in [5, 5.41) is 10.7. The van der Waals surface area contributed by atoms with Crippen molar-refractivity contribution in [1.29, 1.82) is 0 Å². The molecule has 3 amide bonds. The highest BCUT2D eigenvalue weighted by molar-refractivity contribution is 5.94. The number of unbranched alkanes of at least 4 members (excludes halogenated alkanes) is 1. The lowest BCUT2D eigenvalue weighted by atomic mass is 10.2. The number of nitrogens with one attached hydrogen (secondary N) is 1. The van der Waals surface area contributed by atoms with Gasteiger partial charge >= 0.3 is 12.0 Å². The van der Waals surface area contributed by atoms with Gasteiger partial charge < -0.3 is 10.0 Å². The topological polar surface area (TPSA) is 86.7 Å². The van der Waals surface area contributed by atoms with Gasteiger partial charge in [0, 0.05) is 25.9 Å². The SMILES string of the molecule is C=C(C)CN(CC)C(=O)NC(=O)CCCCC(=O)O. The molecule has 0 bridgehead atoms. The Labute approximate surface area is 113 Å². The van der Waals surface area contributed by atoms with Crippen LogP contribution in [0.4, 0.5) is 4.79 Å². The van der Waals surface area contributed by atoms with Gasteiger partial charge in [-0.25, -0.2) is 4.79 Å². The number of carbonyl (C=O) groups is 3. The number of amides is 3. The molecule has 0 atom stereocenters. The first-order chi connectivity index (χ1) is 8.86. The van der Waals surface area contributed by atoms with Crippen molar-refractivity contribution in [1.82, 2.24) is 10.2 Å². The zero-order valence-corrected chi connectivity index (χ0v) is 11.6. The van der Waals surface area contributed by atoms with Gasteiger partial charge in [-0.2, -0.15) is 0 Å². The zero-order valence-electron chi connectivity index (χ0n) is 11.6. The predicted octanol–water partition coefficient (Wildman–Crippen LogP) is 1.77. The molecule has 0 fully saturated rings. The van der Waals surface area contributed by atoms with Crippen molar-refractivity contribution < 1.29 is 19.5 Å². The summed E-state index contributed by atoms with van der Waals surface area (Å²) in [6, 6.07) is -0.436. The van der Waals surface area contributed by atoms with Gasteiger partial charge in [-0.15, -0.1) is 0 Å². The van der Waals surface area contributed by atoms with Crippen LogP contribution in [-0.4, -0.2) is 41.0 Å². The minimum Gasteiger partial charge on any atom is -0.481 e. The van der Waals surface area contributed by atoms with Crippen LogP contribution in [0.15, 0.2) is 12.2 Å². The van der Waals surface area contributed by atoms with E-state index in [0.717, 1.165) is 5.57 Å². The average molecular weight is 270 g/mol. The van der Waals surface area contributed by atoms with Crippen molar-refractivity contribution in [3.63, 3.8) is 0 Å². The molecule has 0 heterocycles. The number of urea groups is 1. The van der Waals surface area contributed by atoms with E-state index in [0.29, 0.717) is 25.9 Å². The number of carbonyl (C=O) groups excluding carboxylic acids is 2. The Morgan fingerprint density at radius 1 is 1.21 bits per heavy atom. The second-order valence-corrected chi connectivity index (χ2v) is 4.43. The second-order valence-electron chi connectivity index (χ2n) is 4.43. The molecule has 0 aromatic rings. The molecule has 0 saturated heterocycles. The number of likely N-dealkylation sites (N-methyl/N-ethyl adjacent to an activating group) is 1. The predicted molar refractivity (Wildman–Crippen MR) is 71.7 cm³/mol. The van der Waals surface area contributed by atoms with Gasteiger partial charge in [-0.05, 0) is 26.7 Å². The molecule has 0 radical (unpaired) electrons. The summed E-state index contributed by atoms with van der Waals surface area (Å²) in [4.78, 5) is 35.0. The third kappa shape index (κ3) is 8.82. The lowest BCUT2D eigenvalue weighted by molar-refractivity contribution is -0.137. The fourth-order valence-corrected chi connectivity index (χ4v) is 1.48. The summed E-state index contributed by atoms with van der Waals surface area (Å²) < 4.78 is 0. The third-order valence-electron chi connectivity index (χ3n) is 2.42. The highest BCUT2D eigenvalue weighted by atomic mass is 16.4. The lowest BCUT2D eigenvalue weighted by Gasteiger charge is -2.20. The van der Waals surface area contributed by atoms with Crippen molar-refractivity contribution in [2.75, 3.05) is 13.1 Å². The summed E-state index contributed by atoms with van der Waals surface area (Å²) in [5.74, 6) is -1.26. The molecule has 0 aliphatic rings. The van der Waals surface area contributed by atoms with Gasteiger partial charge in [0.05, 0.1) is 0 Å². The number of carboxylic acids is 1. The zero-order chi connectivity index (χ0) is 14.8. The van der Waals surface area contributed by atoms with E-state index in [-0.39, 0.29) is 18.7 Å². The Hall–Kier alpha value is -1.85. The van der Waals surface area contributed by atoms with Crippen LogP contribution in [0.2, 0.25) is 0 Å². The van der Waals surface area contributed by atoms with E-state index in [1.54, 1.807) is 0 Å². The molecular weight excluding hydrogens is 248 g/mol. The third-order valence-corrected chi connectivity index (χ3v) is 2.42. The smallest absolute Gasteiger partial charge is 0.324 e. The molecule has 0 aromatic heterocycles. The Balaban J connectivity index is 3.99. The van der Waals surface area contributed by atoms with E-state index in [4.69, 9.17) is 5.11 Å². The molecule has 6 nitrogen and oxygen atoms in total. The maximum atomic E-state index is 11.7. The molecule has 2 N–H and O–H groups in total. The van der Waals surface area contributed by atoms with Crippen molar-refractivity contribution in [2.24, 2.45) is 0 Å². The minimum absolute atomic E-state index is 0.0397. The fraction of sp³-hybridized carbons (Fsp3) is 0.615. The number of rotatable bonds is 8. The molecule has 0 saturated carbocycles. The molecule has 0 aliphatic heterocycles. The minimum atomic E-state index is -0.880. The first-order valence-corrected chi connectivity index (χ1v) is 6.31. The highest BCUT2D eigenvalue weighted by Crippen LogP contribution is 2.01. The molecule has 108 valence electrons. The Morgan fingerprint density at radius 3 is 2.26 bits per heavy atom. The fourth-order valence-electron chi connectivity index (χ4n) is 1.48. The van der Waals surface area contributed by atoms with Crippen molar-refractivity contribution in [3.05, 3.63) is 12.2 Å². The van der Waals surface area contributed by atoms with E-state index < -0.39 is 12.0 Å². The molecule has 0 spiro atoms. The van der Waals surface area contributed by atoms with E-state index in [9.17, 15) is 14.4 Å². The van der Waals surface area contributed by atoms with Crippen LogP contribution >= 0.6 is 0 Å². The Kier molecular flexibility index (Phi) is 8.24. The maximum absolute atomic E-state index is 11.7. The number of carboxylic acid groups (broad SMARTS) is 1. The van der Waals surface area contributed by atoms with Gasteiger partial charge in [0.25, 0.3) is 0 Å². The van der Waals surface area contributed by atoms with Crippen molar-refractivity contribution in [3.8, 4) is 0 Å². The molecule has 0 unspecified atom stereocenters. The maximum Gasteiger partial charge on any atom is 0.324 e. The summed E-state index contributed by atoms with van der Waals surface area (Å²) in [6.07, 6.45) is 1.08. The van der Waals surface area contributed by atoms with E-state index in [1.807, 2.05) is 13.8 Å². The Bertz CT molecular complexity index is 353. The number of hydrogen-bond donors (Lipinski definition) is 2. The summed E-state index contributed by atoms with van der Waals surface area (Å²) >= 11 is 0. The van der Waals surface area contributed by atoms with Crippen LogP contribution in [0, 0.1) is 0 Å². The summed E-state index contributed by atoms with van der Waals surface area (Å²) in [5.41, 5.74) is 0.839. The van der Waals surface area contributed by atoms with Crippen LogP contribution in [-0.2, 0) is 9.59 Å². The van der Waals surface area contributed by atoms with Gasteiger partial charge in [0.2, 0.25) is 5.91 Å². The monoisotopic (exact) mass is 270 g/mol. The normalized spacial score (nSPS) is 9.79. The second kappa shape index (κ2) is 9.13. The standard InChI is InChI=1S/C13H22N2O4/c1-4-15(9-10(2)3)13(19)14-11(16)7-5-6-8-12(17)18/h2,4-9H2,1,3H3,(H,17,18)(H,14,16,19). The van der Waals surface area contributed by atoms with Gasteiger partial charge in [0.15, 0.2) is 0 Å². The molecule has 0 aliphatic carbocycles. The van der Waals surface area contributed by atoms with Gasteiger partial charge in [-0.3, -0.25) is 14.9 Å². The van der Waals surface area contributed by atoms with Gasteiger partial charge in [-0.1, -0.05) is 12.2 Å². The first-order valence-electron chi connectivity index (χ1n) is 6.31. The van der Waals surface area contributed by atoms with E-state index in [1.165, 1.54) is 4.90 Å². The Morgan fingerprint density at radius 2 is 1.79 bits per heavy atom. The highest BCUT2D eigenvalue weighted by Gasteiger charge is 2.14. The van der Waals surface area contributed by atoms with Crippen LogP contribution < -0.4 is 5.32 Å². The number of nitrogens with zero attached hydrogens (tertiary/aromatic N) is 1. The molecular formula is C13H22N2O4. The van der Waals surface area contributed by atoms with Crippen LogP contribution in [0.25, 0.3) is 0 Å². The average Bonchev–Trinajstić information content (AvgIpc) is 2.31. The number of hydrogen-bond acceptors (Lipinski definition) is 3. The van der Waals surface area contributed by atoms with Crippen LogP contribution in [0.1, 0.15) is 39.5 Å². The quantitative estimate of drug-likeness (QED) is 0.520. The van der Waals surface area contributed by atoms with Crippen molar-refractivity contribution >= 4 is 17.9 Å². The van der Waals surface area contributed by atoms with E-state index >= 15 is 0 Å². The summed E-state index contributed by atoms with van der Waals surface area (Å²) in [7, 11) is 0.